The van der Waals surface area contributed by atoms with E-state index in [4.69, 9.17) is 0 Å². The van der Waals surface area contributed by atoms with Crippen molar-refractivity contribution in [2.45, 2.75) is 63.8 Å². The Morgan fingerprint density at radius 2 is 2.06 bits per heavy atom. The van der Waals surface area contributed by atoms with Crippen molar-refractivity contribution in [3.8, 4) is 0 Å². The number of hydrogen-bond acceptors (Lipinski definition) is 2. The highest BCUT2D eigenvalue weighted by Crippen LogP contribution is 2.37. The Labute approximate surface area is 101 Å². The first-order valence-corrected chi connectivity index (χ1v) is 6.41. The molecule has 0 amide bonds. The smallest absolute Gasteiger partial charge is 0.391 e. The molecular formula is C12H22F3NO. The van der Waals surface area contributed by atoms with Crippen LogP contribution in [0.25, 0.3) is 0 Å². The van der Waals surface area contributed by atoms with Crippen molar-refractivity contribution in [3.05, 3.63) is 0 Å². The molecular weight excluding hydrogens is 231 g/mol. The summed E-state index contributed by atoms with van der Waals surface area (Å²) in [6.07, 6.45) is -1.12. The third kappa shape index (κ3) is 5.25. The van der Waals surface area contributed by atoms with E-state index in [1.165, 1.54) is 0 Å². The van der Waals surface area contributed by atoms with Crippen LogP contribution >= 0.6 is 0 Å². The Morgan fingerprint density at radius 3 is 2.65 bits per heavy atom. The van der Waals surface area contributed by atoms with Gasteiger partial charge < -0.3 is 10.4 Å². The van der Waals surface area contributed by atoms with Gasteiger partial charge in [0.1, 0.15) is 0 Å². The molecule has 0 heterocycles. The van der Waals surface area contributed by atoms with Gasteiger partial charge in [-0.15, -0.1) is 0 Å². The maximum atomic E-state index is 12.6. The zero-order valence-corrected chi connectivity index (χ0v) is 10.3. The van der Waals surface area contributed by atoms with Crippen molar-refractivity contribution in [2.75, 3.05) is 6.54 Å². The molecule has 1 fully saturated rings. The lowest BCUT2D eigenvalue weighted by Gasteiger charge is -2.31. The molecule has 0 aromatic heterocycles. The summed E-state index contributed by atoms with van der Waals surface area (Å²) < 4.78 is 37.7. The highest BCUT2D eigenvalue weighted by Gasteiger charge is 2.41. The molecule has 102 valence electrons. The minimum atomic E-state index is -4.07. The molecule has 3 unspecified atom stereocenters. The van der Waals surface area contributed by atoms with Gasteiger partial charge in [0.2, 0.25) is 0 Å². The zero-order chi connectivity index (χ0) is 12.9. The van der Waals surface area contributed by atoms with Crippen LogP contribution in [0.2, 0.25) is 0 Å². The van der Waals surface area contributed by atoms with E-state index in [9.17, 15) is 18.3 Å². The van der Waals surface area contributed by atoms with Gasteiger partial charge in [-0.25, -0.2) is 0 Å². The van der Waals surface area contributed by atoms with E-state index in [0.29, 0.717) is 19.4 Å². The molecule has 2 N–H and O–H groups in total. The van der Waals surface area contributed by atoms with E-state index in [1.54, 1.807) is 0 Å². The molecule has 2 nitrogen and oxygen atoms in total. The predicted octanol–water partition coefficient (Wildman–Crippen LogP) is 2.86. The van der Waals surface area contributed by atoms with Crippen molar-refractivity contribution in [2.24, 2.45) is 5.92 Å². The summed E-state index contributed by atoms with van der Waals surface area (Å²) in [5.74, 6) is -1.17. The summed E-state index contributed by atoms with van der Waals surface area (Å²) in [4.78, 5) is 0. The molecule has 3 atom stereocenters. The van der Waals surface area contributed by atoms with Crippen LogP contribution in [0.5, 0.6) is 0 Å². The van der Waals surface area contributed by atoms with Gasteiger partial charge in [-0.1, -0.05) is 19.8 Å². The standard InChI is InChI=1S/C12H22F3NO/c1-2-4-11(17)8-16-10-6-3-5-9(7-10)12(13,14)15/h9-11,16-17H,2-8H2,1H3. The lowest BCUT2D eigenvalue weighted by atomic mass is 9.85. The fourth-order valence-corrected chi connectivity index (χ4v) is 2.41. The normalized spacial score (nSPS) is 28.1. The van der Waals surface area contributed by atoms with Crippen LogP contribution in [0.4, 0.5) is 13.2 Å². The third-order valence-electron chi connectivity index (χ3n) is 3.40. The highest BCUT2D eigenvalue weighted by atomic mass is 19.4. The summed E-state index contributed by atoms with van der Waals surface area (Å²) in [5, 5.41) is 12.6. The average molecular weight is 253 g/mol. The van der Waals surface area contributed by atoms with Crippen LogP contribution in [-0.4, -0.2) is 30.0 Å². The molecule has 0 aliphatic heterocycles. The maximum Gasteiger partial charge on any atom is 0.391 e. The number of aliphatic hydroxyl groups excluding tert-OH is 1. The Kier molecular flexibility index (Phi) is 5.73. The number of hydrogen-bond donors (Lipinski definition) is 2. The van der Waals surface area contributed by atoms with E-state index in [2.05, 4.69) is 5.32 Å². The van der Waals surface area contributed by atoms with Gasteiger partial charge >= 0.3 is 6.18 Å². The van der Waals surface area contributed by atoms with E-state index < -0.39 is 18.2 Å². The van der Waals surface area contributed by atoms with Gasteiger partial charge in [-0.2, -0.15) is 13.2 Å². The Morgan fingerprint density at radius 1 is 1.35 bits per heavy atom. The van der Waals surface area contributed by atoms with Crippen molar-refractivity contribution >= 4 is 0 Å². The molecule has 17 heavy (non-hydrogen) atoms. The van der Waals surface area contributed by atoms with Crippen LogP contribution in [0.15, 0.2) is 0 Å². The van der Waals surface area contributed by atoms with E-state index in [1.807, 2.05) is 6.92 Å². The number of aliphatic hydroxyl groups is 1. The van der Waals surface area contributed by atoms with Crippen molar-refractivity contribution in [3.63, 3.8) is 0 Å². The minimum Gasteiger partial charge on any atom is -0.392 e. The summed E-state index contributed by atoms with van der Waals surface area (Å²) in [5.41, 5.74) is 0. The zero-order valence-electron chi connectivity index (χ0n) is 10.3. The second-order valence-corrected chi connectivity index (χ2v) is 4.95. The number of rotatable bonds is 5. The molecule has 1 saturated carbocycles. The van der Waals surface area contributed by atoms with E-state index >= 15 is 0 Å². The van der Waals surface area contributed by atoms with Gasteiger partial charge in [0.05, 0.1) is 12.0 Å². The van der Waals surface area contributed by atoms with Crippen LogP contribution in [-0.2, 0) is 0 Å². The first-order chi connectivity index (χ1) is 7.93. The Bertz CT molecular complexity index is 220. The van der Waals surface area contributed by atoms with Gasteiger partial charge in [0.15, 0.2) is 0 Å². The Hall–Kier alpha value is -0.290. The topological polar surface area (TPSA) is 32.3 Å². The maximum absolute atomic E-state index is 12.6. The molecule has 0 aromatic carbocycles. The van der Waals surface area contributed by atoms with Crippen LogP contribution in [0, 0.1) is 5.92 Å². The molecule has 1 aliphatic rings. The van der Waals surface area contributed by atoms with Gasteiger partial charge in [0, 0.05) is 12.6 Å². The lowest BCUT2D eigenvalue weighted by molar-refractivity contribution is -0.183. The first-order valence-electron chi connectivity index (χ1n) is 6.41. The fraction of sp³-hybridized carbons (Fsp3) is 1.00. The predicted molar refractivity (Wildman–Crippen MR) is 60.7 cm³/mol. The molecule has 0 spiro atoms. The van der Waals surface area contributed by atoms with E-state index in [-0.39, 0.29) is 18.9 Å². The molecule has 0 aromatic rings. The van der Waals surface area contributed by atoms with E-state index in [0.717, 1.165) is 12.8 Å². The summed E-state index contributed by atoms with van der Waals surface area (Å²) >= 11 is 0. The van der Waals surface area contributed by atoms with Gasteiger partial charge in [-0.05, 0) is 25.7 Å². The van der Waals surface area contributed by atoms with Crippen LogP contribution < -0.4 is 5.32 Å². The molecule has 5 heteroatoms. The largest absolute Gasteiger partial charge is 0.392 e. The second-order valence-electron chi connectivity index (χ2n) is 4.95. The van der Waals surface area contributed by atoms with Gasteiger partial charge in [0.25, 0.3) is 0 Å². The minimum absolute atomic E-state index is 0.0955. The van der Waals surface area contributed by atoms with Crippen molar-refractivity contribution in [1.82, 2.24) is 5.32 Å². The molecule has 0 bridgehead atoms. The lowest BCUT2D eigenvalue weighted by Crippen LogP contribution is -2.41. The first kappa shape index (κ1) is 14.8. The molecule has 1 aliphatic carbocycles. The highest BCUT2D eigenvalue weighted by molar-refractivity contribution is 4.82. The molecule has 0 saturated heterocycles. The summed E-state index contributed by atoms with van der Waals surface area (Å²) in [6.45, 7) is 2.38. The number of alkyl halides is 3. The van der Waals surface area contributed by atoms with Crippen LogP contribution in [0.1, 0.15) is 45.4 Å². The third-order valence-corrected chi connectivity index (χ3v) is 3.40. The molecule has 0 radical (unpaired) electrons. The summed E-state index contributed by atoms with van der Waals surface area (Å²) in [6, 6.07) is -0.0955. The number of nitrogens with one attached hydrogen (secondary N) is 1. The average Bonchev–Trinajstić information content (AvgIpc) is 2.26. The Balaban J connectivity index is 2.30. The SMILES string of the molecule is CCCC(O)CNC1CCCC(C(F)(F)F)C1. The quantitative estimate of drug-likeness (QED) is 0.789. The van der Waals surface area contributed by atoms with Crippen LogP contribution in [0.3, 0.4) is 0 Å². The fourth-order valence-electron chi connectivity index (χ4n) is 2.41. The monoisotopic (exact) mass is 253 g/mol. The number of halogens is 3. The van der Waals surface area contributed by atoms with Crippen molar-refractivity contribution < 1.29 is 18.3 Å². The van der Waals surface area contributed by atoms with Gasteiger partial charge in [-0.3, -0.25) is 0 Å². The molecule has 1 rings (SSSR count). The summed E-state index contributed by atoms with van der Waals surface area (Å²) in [7, 11) is 0. The second kappa shape index (κ2) is 6.59. The van der Waals surface area contributed by atoms with Crippen molar-refractivity contribution in [1.29, 1.82) is 0 Å².